The van der Waals surface area contributed by atoms with Crippen LogP contribution in [0.4, 0.5) is 0 Å². The largest absolute Gasteiger partial charge is 0.493 e. The van der Waals surface area contributed by atoms with Gasteiger partial charge in [0, 0.05) is 34.5 Å². The molecule has 4 aromatic carbocycles. The van der Waals surface area contributed by atoms with Gasteiger partial charge in [0.25, 0.3) is 11.8 Å². The first-order valence-electron chi connectivity index (χ1n) is 15.8. The standard InChI is InChI=1S/C40H33ClN4O5/c1-26-34(39(46)44(40(47)35(26)23-42)19-18-27-14-17-36(48-2)37(20-27)49-3)22-30-24-45(32-9-5-4-6-10-32)43-38(30)29-8-7-11-33(21-29)50-25-28-12-15-31(41)16-13-28/h4-17,20-22,24H,18-19,25H2,1-3H3/b34-22+. The number of nitriles is 1. The van der Waals surface area contributed by atoms with Crippen molar-refractivity contribution in [3.8, 4) is 40.3 Å². The van der Waals surface area contributed by atoms with Crippen molar-refractivity contribution in [2.24, 2.45) is 0 Å². The first-order chi connectivity index (χ1) is 24.3. The Labute approximate surface area is 295 Å². The SMILES string of the molecule is COc1ccc(CCN2C(=O)C(C#N)=C(C)/C(=C\c3cn(-c4ccccc4)nc3-c3cccc(OCc4ccc(Cl)cc4)c3)C2=O)cc1OC. The molecule has 0 N–H and O–H groups in total. The average molecular weight is 685 g/mol. The Hall–Kier alpha value is -6.11. The van der Waals surface area contributed by atoms with E-state index >= 15 is 0 Å². The summed E-state index contributed by atoms with van der Waals surface area (Å²) in [5.41, 5.74) is 5.05. The number of para-hydroxylation sites is 1. The van der Waals surface area contributed by atoms with Gasteiger partial charge in [0.2, 0.25) is 0 Å². The van der Waals surface area contributed by atoms with Crippen LogP contribution in [0.3, 0.4) is 0 Å². The van der Waals surface area contributed by atoms with E-state index in [9.17, 15) is 14.9 Å². The summed E-state index contributed by atoms with van der Waals surface area (Å²) in [6, 6.07) is 32.1. The van der Waals surface area contributed by atoms with E-state index in [2.05, 4.69) is 0 Å². The smallest absolute Gasteiger partial charge is 0.271 e. The lowest BCUT2D eigenvalue weighted by Gasteiger charge is -2.27. The first kappa shape index (κ1) is 33.8. The molecule has 0 unspecified atom stereocenters. The molecule has 0 spiro atoms. The monoisotopic (exact) mass is 684 g/mol. The zero-order chi connectivity index (χ0) is 35.2. The normalized spacial score (nSPS) is 13.8. The number of carbonyl (C=O) groups is 2. The van der Waals surface area contributed by atoms with Crippen molar-refractivity contribution in [2.45, 2.75) is 20.0 Å². The fraction of sp³-hybridized carbons (Fsp3) is 0.150. The predicted octanol–water partition coefficient (Wildman–Crippen LogP) is 7.62. The summed E-state index contributed by atoms with van der Waals surface area (Å²) in [6.07, 6.45) is 3.88. The zero-order valence-electron chi connectivity index (χ0n) is 27.7. The molecule has 0 radical (unpaired) electrons. The van der Waals surface area contributed by atoms with Gasteiger partial charge in [-0.3, -0.25) is 14.5 Å². The van der Waals surface area contributed by atoms with Gasteiger partial charge in [-0.15, -0.1) is 0 Å². The van der Waals surface area contributed by atoms with Gasteiger partial charge in [-0.25, -0.2) is 4.68 Å². The summed E-state index contributed by atoms with van der Waals surface area (Å²) < 4.78 is 18.6. The number of hydrogen-bond donors (Lipinski definition) is 0. The first-order valence-corrected chi connectivity index (χ1v) is 16.2. The van der Waals surface area contributed by atoms with Gasteiger partial charge in [0.15, 0.2) is 11.5 Å². The predicted molar refractivity (Wildman–Crippen MR) is 191 cm³/mol. The molecule has 0 bridgehead atoms. The molecule has 1 aromatic heterocycles. The second-order valence-electron chi connectivity index (χ2n) is 11.5. The number of benzene rings is 4. The Morgan fingerprint density at radius 3 is 2.32 bits per heavy atom. The van der Waals surface area contributed by atoms with E-state index in [1.165, 1.54) is 0 Å². The molecular formula is C40H33ClN4O5. The lowest BCUT2D eigenvalue weighted by Crippen LogP contribution is -2.43. The molecule has 1 aliphatic rings. The topological polar surface area (TPSA) is 107 Å². The van der Waals surface area contributed by atoms with Crippen LogP contribution in [-0.2, 0) is 22.6 Å². The van der Waals surface area contributed by atoms with Crippen LogP contribution >= 0.6 is 11.6 Å². The Morgan fingerprint density at radius 1 is 0.860 bits per heavy atom. The summed E-state index contributed by atoms with van der Waals surface area (Å²) >= 11 is 6.04. The van der Waals surface area contributed by atoms with Crippen LogP contribution in [-0.4, -0.2) is 47.3 Å². The van der Waals surface area contributed by atoms with Crippen LogP contribution < -0.4 is 14.2 Å². The van der Waals surface area contributed by atoms with Crippen molar-refractivity contribution in [3.63, 3.8) is 0 Å². The molecule has 6 rings (SSSR count). The van der Waals surface area contributed by atoms with Crippen LogP contribution in [0.15, 0.2) is 120 Å². The molecule has 5 aromatic rings. The van der Waals surface area contributed by atoms with Crippen molar-refractivity contribution >= 4 is 29.5 Å². The number of amides is 2. The van der Waals surface area contributed by atoms with Gasteiger partial charge in [0.1, 0.15) is 29.7 Å². The van der Waals surface area contributed by atoms with Gasteiger partial charge in [-0.2, -0.15) is 10.4 Å². The molecule has 0 aliphatic carbocycles. The molecule has 0 fully saturated rings. The lowest BCUT2D eigenvalue weighted by molar-refractivity contribution is -0.140. The van der Waals surface area contributed by atoms with E-state index in [0.717, 1.165) is 27.3 Å². The second-order valence-corrected chi connectivity index (χ2v) is 12.0. The highest BCUT2D eigenvalue weighted by Gasteiger charge is 2.35. The minimum absolute atomic E-state index is 0.0616. The maximum Gasteiger partial charge on any atom is 0.271 e. The fourth-order valence-electron chi connectivity index (χ4n) is 5.68. The number of ether oxygens (including phenoxy) is 3. The number of aromatic nitrogens is 2. The van der Waals surface area contributed by atoms with E-state index in [-0.39, 0.29) is 17.7 Å². The van der Waals surface area contributed by atoms with Gasteiger partial charge in [0.05, 0.1) is 19.9 Å². The molecule has 250 valence electrons. The maximum atomic E-state index is 14.1. The number of carbonyl (C=O) groups excluding carboxylic acids is 2. The Bertz CT molecular complexity index is 2160. The number of hydrogen-bond acceptors (Lipinski definition) is 7. The molecule has 2 amide bonds. The molecule has 50 heavy (non-hydrogen) atoms. The van der Waals surface area contributed by atoms with Gasteiger partial charge in [-0.1, -0.05) is 60.1 Å². The van der Waals surface area contributed by atoms with E-state index in [1.54, 1.807) is 44.0 Å². The number of methoxy groups -OCH3 is 2. The highest BCUT2D eigenvalue weighted by Crippen LogP contribution is 2.33. The molecule has 1 aliphatic heterocycles. The zero-order valence-corrected chi connectivity index (χ0v) is 28.5. The summed E-state index contributed by atoms with van der Waals surface area (Å²) in [5.74, 6) is 0.623. The summed E-state index contributed by atoms with van der Waals surface area (Å²) in [5, 5.41) is 15.6. The average Bonchev–Trinajstić information content (AvgIpc) is 3.57. The van der Waals surface area contributed by atoms with E-state index < -0.39 is 11.8 Å². The summed E-state index contributed by atoms with van der Waals surface area (Å²) in [7, 11) is 3.10. The Balaban J connectivity index is 1.36. The van der Waals surface area contributed by atoms with Crippen molar-refractivity contribution in [1.82, 2.24) is 14.7 Å². The third-order valence-corrected chi connectivity index (χ3v) is 8.64. The number of imide groups is 1. The molecule has 10 heteroatoms. The van der Waals surface area contributed by atoms with Gasteiger partial charge < -0.3 is 14.2 Å². The van der Waals surface area contributed by atoms with Crippen molar-refractivity contribution in [2.75, 3.05) is 20.8 Å². The minimum atomic E-state index is -0.627. The van der Waals surface area contributed by atoms with Gasteiger partial charge >= 0.3 is 0 Å². The lowest BCUT2D eigenvalue weighted by atomic mass is 9.93. The van der Waals surface area contributed by atoms with E-state index in [4.69, 9.17) is 30.9 Å². The van der Waals surface area contributed by atoms with Gasteiger partial charge in [-0.05, 0) is 84.7 Å². The Morgan fingerprint density at radius 2 is 1.60 bits per heavy atom. The van der Waals surface area contributed by atoms with Crippen LogP contribution in [0.5, 0.6) is 17.2 Å². The van der Waals surface area contributed by atoms with Crippen LogP contribution in [0, 0.1) is 11.3 Å². The quantitative estimate of drug-likeness (QED) is 0.104. The fourth-order valence-corrected chi connectivity index (χ4v) is 5.80. The highest BCUT2D eigenvalue weighted by molar-refractivity contribution is 6.30. The molecular weight excluding hydrogens is 652 g/mol. The third kappa shape index (κ3) is 7.16. The van der Waals surface area contributed by atoms with Crippen molar-refractivity contribution in [1.29, 1.82) is 5.26 Å². The number of halogens is 1. The second kappa shape index (κ2) is 15.0. The van der Waals surface area contributed by atoms with Crippen LogP contribution in [0.2, 0.25) is 5.02 Å². The van der Waals surface area contributed by atoms with Crippen molar-refractivity contribution in [3.05, 3.63) is 142 Å². The van der Waals surface area contributed by atoms with E-state index in [0.29, 0.717) is 52.1 Å². The highest BCUT2D eigenvalue weighted by atomic mass is 35.5. The molecule has 2 heterocycles. The Kier molecular flexibility index (Phi) is 10.1. The molecule has 9 nitrogen and oxygen atoms in total. The molecule has 0 saturated carbocycles. The maximum absolute atomic E-state index is 14.1. The molecule has 0 atom stereocenters. The van der Waals surface area contributed by atoms with Crippen LogP contribution in [0.1, 0.15) is 23.6 Å². The minimum Gasteiger partial charge on any atom is -0.493 e. The number of nitrogens with zero attached hydrogens (tertiary/aromatic N) is 4. The van der Waals surface area contributed by atoms with Crippen LogP contribution in [0.25, 0.3) is 23.0 Å². The number of rotatable bonds is 11. The third-order valence-electron chi connectivity index (χ3n) is 8.39. The van der Waals surface area contributed by atoms with E-state index in [1.807, 2.05) is 97.2 Å². The summed E-state index contributed by atoms with van der Waals surface area (Å²) in [6.45, 7) is 2.03. The molecule has 0 saturated heterocycles. The van der Waals surface area contributed by atoms with Crippen molar-refractivity contribution < 1.29 is 23.8 Å². The summed E-state index contributed by atoms with van der Waals surface area (Å²) in [4.78, 5) is 28.6.